The van der Waals surface area contributed by atoms with E-state index in [0.717, 1.165) is 27.8 Å². The molecule has 3 aromatic carbocycles. The number of carboxylic acid groups (broad SMARTS) is 1. The van der Waals surface area contributed by atoms with Crippen molar-refractivity contribution in [3.63, 3.8) is 0 Å². The molecule has 0 heterocycles. The Morgan fingerprint density at radius 3 is 1.96 bits per heavy atom. The van der Waals surface area contributed by atoms with Crippen molar-refractivity contribution >= 4 is 41.2 Å². The fraction of sp³-hybridized carbons (Fsp3) is 0.405. The highest BCUT2D eigenvalue weighted by Crippen LogP contribution is 2.44. The lowest BCUT2D eigenvalue weighted by atomic mass is 9.91. The smallest absolute Gasteiger partial charge is 0.407 e. The summed E-state index contributed by atoms with van der Waals surface area (Å²) in [5.74, 6) is -4.23. The quantitative estimate of drug-likeness (QED) is 0.115. The van der Waals surface area contributed by atoms with Gasteiger partial charge in [-0.15, -0.1) is 0 Å². The summed E-state index contributed by atoms with van der Waals surface area (Å²) in [6, 6.07) is 22.5. The third-order valence-corrected chi connectivity index (χ3v) is 9.38. The number of alkyl carbamates (subject to hydrolysis) is 1. The van der Waals surface area contributed by atoms with Gasteiger partial charge in [-0.2, -0.15) is 0 Å². The van der Waals surface area contributed by atoms with E-state index >= 15 is 0 Å². The summed E-state index contributed by atoms with van der Waals surface area (Å²) in [4.78, 5) is 88.4. The van der Waals surface area contributed by atoms with Gasteiger partial charge in [-0.25, -0.2) is 9.59 Å². The van der Waals surface area contributed by atoms with E-state index in [4.69, 9.17) is 4.74 Å². The fourth-order valence-electron chi connectivity index (χ4n) is 6.61. The molecule has 0 fully saturated rings. The predicted molar refractivity (Wildman–Crippen MR) is 201 cm³/mol. The molecule has 0 bridgehead atoms. The van der Waals surface area contributed by atoms with Crippen molar-refractivity contribution in [1.82, 2.24) is 16.0 Å². The molecule has 0 saturated carbocycles. The second-order valence-electron chi connectivity index (χ2n) is 14.2. The van der Waals surface area contributed by atoms with Crippen LogP contribution in [0.3, 0.4) is 0 Å². The third kappa shape index (κ3) is 12.2. The minimum absolute atomic E-state index is 0.00522. The number of aliphatic carboxylic acids is 1. The number of carbonyl (C=O) groups excluding carboxylic acids is 6. The van der Waals surface area contributed by atoms with Gasteiger partial charge >= 0.3 is 12.1 Å². The lowest BCUT2D eigenvalue weighted by Crippen LogP contribution is -2.45. The average Bonchev–Trinajstić information content (AvgIpc) is 3.46. The number of benzene rings is 3. The summed E-state index contributed by atoms with van der Waals surface area (Å²) in [5, 5.41) is 17.4. The highest BCUT2D eigenvalue weighted by molar-refractivity contribution is 5.94. The van der Waals surface area contributed by atoms with Gasteiger partial charge in [0.05, 0.1) is 12.6 Å². The van der Waals surface area contributed by atoms with Crippen LogP contribution in [-0.2, 0) is 39.9 Å². The number of hydrogen-bond acceptors (Lipinski definition) is 8. The van der Waals surface area contributed by atoms with Gasteiger partial charge in [0.2, 0.25) is 11.8 Å². The molecule has 286 valence electrons. The number of carbonyl (C=O) groups is 7. The minimum atomic E-state index is -1.42. The number of fused-ring (bicyclic) bond motifs is 3. The van der Waals surface area contributed by atoms with Crippen molar-refractivity contribution in [3.8, 4) is 11.1 Å². The van der Waals surface area contributed by atoms with E-state index in [0.29, 0.717) is 6.42 Å². The summed E-state index contributed by atoms with van der Waals surface area (Å²) in [7, 11) is 0. The van der Waals surface area contributed by atoms with E-state index in [1.54, 1.807) is 0 Å². The first-order valence-corrected chi connectivity index (χ1v) is 18.3. The van der Waals surface area contributed by atoms with Crippen LogP contribution in [0.2, 0.25) is 0 Å². The summed E-state index contributed by atoms with van der Waals surface area (Å²) in [6.07, 6.45) is -1.05. The van der Waals surface area contributed by atoms with E-state index in [9.17, 15) is 38.7 Å². The Morgan fingerprint density at radius 1 is 0.759 bits per heavy atom. The van der Waals surface area contributed by atoms with E-state index in [2.05, 4.69) is 16.0 Å². The molecule has 0 aromatic heterocycles. The summed E-state index contributed by atoms with van der Waals surface area (Å²) in [5.41, 5.74) is 4.92. The minimum Gasteiger partial charge on any atom is -0.480 e. The molecule has 1 aliphatic rings. The molecule has 54 heavy (non-hydrogen) atoms. The molecule has 3 aromatic rings. The van der Waals surface area contributed by atoms with Gasteiger partial charge in [0.1, 0.15) is 18.4 Å². The first kappa shape index (κ1) is 41.1. The van der Waals surface area contributed by atoms with Crippen LogP contribution < -0.4 is 16.0 Å². The fourth-order valence-corrected chi connectivity index (χ4v) is 6.61. The van der Waals surface area contributed by atoms with Gasteiger partial charge in [0, 0.05) is 37.5 Å². The van der Waals surface area contributed by atoms with Gasteiger partial charge in [0.15, 0.2) is 11.6 Å². The molecular weight excluding hydrogens is 690 g/mol. The Labute approximate surface area is 315 Å². The van der Waals surface area contributed by atoms with Crippen molar-refractivity contribution in [1.29, 1.82) is 0 Å². The van der Waals surface area contributed by atoms with Crippen molar-refractivity contribution in [2.45, 2.75) is 83.7 Å². The topological polar surface area (TPSA) is 185 Å². The Hall–Kier alpha value is -5.65. The number of amides is 3. The van der Waals surface area contributed by atoms with Gasteiger partial charge in [0.25, 0.3) is 0 Å². The molecule has 12 nitrogen and oxygen atoms in total. The highest BCUT2D eigenvalue weighted by Gasteiger charge is 2.31. The third-order valence-electron chi connectivity index (χ3n) is 9.38. The number of carboxylic acids is 1. The van der Waals surface area contributed by atoms with Crippen LogP contribution in [-0.4, -0.2) is 71.6 Å². The zero-order chi connectivity index (χ0) is 39.2. The van der Waals surface area contributed by atoms with Crippen molar-refractivity contribution in [2.24, 2.45) is 11.8 Å². The molecule has 0 aliphatic heterocycles. The first-order valence-electron chi connectivity index (χ1n) is 18.3. The number of rotatable bonds is 21. The number of ketones is 3. The van der Waals surface area contributed by atoms with Crippen LogP contribution in [0.25, 0.3) is 11.1 Å². The van der Waals surface area contributed by atoms with Crippen molar-refractivity contribution in [2.75, 3.05) is 13.2 Å². The molecular formula is C42H49N3O9. The Balaban J connectivity index is 1.28. The zero-order valence-corrected chi connectivity index (χ0v) is 31.0. The van der Waals surface area contributed by atoms with E-state index < -0.39 is 54.2 Å². The molecule has 3 atom stereocenters. The van der Waals surface area contributed by atoms with Gasteiger partial charge in [-0.05, 0) is 59.9 Å². The monoisotopic (exact) mass is 739 g/mol. The van der Waals surface area contributed by atoms with Crippen LogP contribution in [0.15, 0.2) is 78.9 Å². The summed E-state index contributed by atoms with van der Waals surface area (Å²) >= 11 is 0. The average molecular weight is 740 g/mol. The maximum Gasteiger partial charge on any atom is 0.407 e. The SMILES string of the molecule is CC(=O)CCC(=O)C(CC(C)C)NC(=O)C(CC(=O)CNC(=O)CCC(NC(=O)OCC1c2ccccc2-c2ccccc21)C(=O)O)Cc1ccccc1. The number of ether oxygens (including phenoxy) is 1. The largest absolute Gasteiger partial charge is 0.480 e. The van der Waals surface area contributed by atoms with Crippen molar-refractivity contribution < 1.29 is 43.4 Å². The number of hydrogen-bond donors (Lipinski definition) is 4. The second kappa shape index (κ2) is 20.0. The van der Waals surface area contributed by atoms with Crippen LogP contribution in [0.1, 0.15) is 81.9 Å². The highest BCUT2D eigenvalue weighted by atomic mass is 16.5. The maximum atomic E-state index is 13.5. The maximum absolute atomic E-state index is 13.5. The molecule has 4 N–H and O–H groups in total. The zero-order valence-electron chi connectivity index (χ0n) is 31.0. The van der Waals surface area contributed by atoms with Crippen LogP contribution in [0.5, 0.6) is 0 Å². The summed E-state index contributed by atoms with van der Waals surface area (Å²) in [6.45, 7) is 4.83. The molecule has 0 saturated heterocycles. The van der Waals surface area contributed by atoms with Gasteiger partial charge in [-0.1, -0.05) is 92.7 Å². The Morgan fingerprint density at radius 2 is 1.37 bits per heavy atom. The second-order valence-corrected chi connectivity index (χ2v) is 14.2. The lowest BCUT2D eigenvalue weighted by molar-refractivity contribution is -0.139. The molecule has 12 heteroatoms. The number of Topliss-reactive ketones (excluding diaryl/α,β-unsaturated/α-hetero) is 3. The summed E-state index contributed by atoms with van der Waals surface area (Å²) < 4.78 is 5.46. The van der Waals surface area contributed by atoms with Gasteiger partial charge in [-0.3, -0.25) is 19.2 Å². The molecule has 0 radical (unpaired) electrons. The number of nitrogens with one attached hydrogen (secondary N) is 3. The molecule has 1 aliphatic carbocycles. The Kier molecular flexibility index (Phi) is 15.2. The van der Waals surface area contributed by atoms with Crippen LogP contribution in [0, 0.1) is 11.8 Å². The molecule has 3 amide bonds. The normalized spacial score (nSPS) is 13.5. The molecule has 0 spiro atoms. The van der Waals surface area contributed by atoms with Crippen molar-refractivity contribution in [3.05, 3.63) is 95.6 Å². The van der Waals surface area contributed by atoms with E-state index in [1.165, 1.54) is 6.92 Å². The predicted octanol–water partition coefficient (Wildman–Crippen LogP) is 5.16. The first-order chi connectivity index (χ1) is 25.8. The van der Waals surface area contributed by atoms with Crippen LogP contribution >= 0.6 is 0 Å². The van der Waals surface area contributed by atoms with Crippen LogP contribution in [0.4, 0.5) is 4.79 Å². The van der Waals surface area contributed by atoms with Gasteiger partial charge < -0.3 is 30.6 Å². The van der Waals surface area contributed by atoms with E-state index in [1.807, 2.05) is 92.7 Å². The standard InChI is InChI=1S/C42H49N3O9/c1-26(2)21-37(38(48)19-17-27(3)46)44-40(50)29(22-28-11-5-4-6-12-28)23-30(47)24-43-39(49)20-18-36(41(51)52)45-42(53)54-25-35-33-15-9-7-13-31(33)32-14-8-10-16-34(32)35/h4-16,26,29,35-37H,17-25H2,1-3H3,(H,43,49)(H,44,50)(H,45,53)(H,51,52). The molecule has 3 unspecified atom stereocenters. The Bertz CT molecular complexity index is 1780. The molecule has 4 rings (SSSR count). The lowest BCUT2D eigenvalue weighted by Gasteiger charge is -2.23. The van der Waals surface area contributed by atoms with E-state index in [-0.39, 0.29) is 68.5 Å².